The first-order valence-corrected chi connectivity index (χ1v) is 11.4. The van der Waals surface area contributed by atoms with Crippen molar-refractivity contribution in [1.82, 2.24) is 30.0 Å². The van der Waals surface area contributed by atoms with Crippen LogP contribution in [0.4, 0.5) is 17.3 Å². The molecule has 2 N–H and O–H groups in total. The highest BCUT2D eigenvalue weighted by molar-refractivity contribution is 5.79. The van der Waals surface area contributed by atoms with E-state index >= 15 is 0 Å². The Morgan fingerprint density at radius 1 is 0.971 bits per heavy atom. The second-order valence-electron chi connectivity index (χ2n) is 8.26. The van der Waals surface area contributed by atoms with Gasteiger partial charge in [0.2, 0.25) is 5.91 Å². The van der Waals surface area contributed by atoms with Crippen LogP contribution < -0.4 is 15.5 Å². The lowest BCUT2D eigenvalue weighted by Crippen LogP contribution is -2.40. The number of rotatable bonds is 7. The summed E-state index contributed by atoms with van der Waals surface area (Å²) in [6.07, 6.45) is 10.5. The number of aromatic nitrogens is 5. The Hall–Kier alpha value is -4.27. The van der Waals surface area contributed by atoms with E-state index in [0.717, 1.165) is 48.7 Å². The lowest BCUT2D eigenvalue weighted by Gasteiger charge is -2.31. The third-order valence-electron chi connectivity index (χ3n) is 5.97. The molecule has 1 aromatic carbocycles. The lowest BCUT2D eigenvalue weighted by molar-refractivity contribution is -0.125. The summed E-state index contributed by atoms with van der Waals surface area (Å²) in [5.41, 5.74) is 2.98. The van der Waals surface area contributed by atoms with Gasteiger partial charge in [0.1, 0.15) is 0 Å². The van der Waals surface area contributed by atoms with Crippen LogP contribution in [0.25, 0.3) is 5.69 Å². The van der Waals surface area contributed by atoms with Crippen molar-refractivity contribution in [1.29, 1.82) is 0 Å². The second kappa shape index (κ2) is 10.1. The van der Waals surface area contributed by atoms with E-state index in [9.17, 15) is 4.79 Å². The van der Waals surface area contributed by atoms with E-state index in [1.807, 2.05) is 59.3 Å². The third kappa shape index (κ3) is 5.20. The first kappa shape index (κ1) is 21.6. The molecule has 172 valence electrons. The van der Waals surface area contributed by atoms with Gasteiger partial charge in [-0.3, -0.25) is 9.78 Å². The number of nitrogens with one attached hydrogen (secondary N) is 2. The smallest absolute Gasteiger partial charge is 0.223 e. The number of nitrogens with zero attached hydrogens (tertiary/aromatic N) is 6. The number of carbonyl (C=O) groups is 1. The Bertz CT molecular complexity index is 1190. The molecule has 5 rings (SSSR count). The number of piperidine rings is 1. The number of carbonyl (C=O) groups excluding carboxylic acids is 1. The van der Waals surface area contributed by atoms with Gasteiger partial charge in [-0.25, -0.2) is 4.98 Å². The summed E-state index contributed by atoms with van der Waals surface area (Å²) in [6.45, 7) is 2.07. The molecule has 1 aliphatic rings. The zero-order chi connectivity index (χ0) is 23.2. The van der Waals surface area contributed by atoms with Gasteiger partial charge in [-0.15, -0.1) is 10.2 Å². The van der Waals surface area contributed by atoms with Crippen LogP contribution in [0.5, 0.6) is 0 Å². The molecule has 9 nitrogen and oxygen atoms in total. The van der Waals surface area contributed by atoms with Gasteiger partial charge in [-0.2, -0.15) is 0 Å². The zero-order valence-electron chi connectivity index (χ0n) is 18.7. The first-order chi connectivity index (χ1) is 16.7. The summed E-state index contributed by atoms with van der Waals surface area (Å²) >= 11 is 0. The van der Waals surface area contributed by atoms with Crippen molar-refractivity contribution in [3.63, 3.8) is 0 Å². The van der Waals surface area contributed by atoms with Gasteiger partial charge in [-0.05, 0) is 60.9 Å². The Labute approximate surface area is 197 Å². The average molecular weight is 455 g/mol. The maximum atomic E-state index is 12.5. The fourth-order valence-electron chi connectivity index (χ4n) is 4.04. The van der Waals surface area contributed by atoms with Gasteiger partial charge >= 0.3 is 0 Å². The van der Waals surface area contributed by atoms with Gasteiger partial charge in [0.15, 0.2) is 11.6 Å². The monoisotopic (exact) mass is 454 g/mol. The summed E-state index contributed by atoms with van der Waals surface area (Å²) in [5, 5.41) is 15.0. The first-order valence-electron chi connectivity index (χ1n) is 11.4. The molecule has 1 aliphatic heterocycles. The minimum Gasteiger partial charge on any atom is -0.355 e. The minimum atomic E-state index is 0.0205. The van der Waals surface area contributed by atoms with Crippen molar-refractivity contribution < 1.29 is 4.79 Å². The molecule has 1 amide bonds. The Balaban J connectivity index is 1.11. The van der Waals surface area contributed by atoms with Gasteiger partial charge in [-0.1, -0.05) is 6.07 Å². The van der Waals surface area contributed by atoms with E-state index in [0.29, 0.717) is 12.4 Å². The molecule has 4 aromatic rings. The fourth-order valence-corrected chi connectivity index (χ4v) is 4.04. The molecule has 4 heterocycles. The molecular formula is C25H26N8O. The lowest BCUT2D eigenvalue weighted by atomic mass is 9.96. The van der Waals surface area contributed by atoms with Crippen molar-refractivity contribution in [2.75, 3.05) is 23.3 Å². The van der Waals surface area contributed by atoms with Crippen molar-refractivity contribution in [2.45, 2.75) is 19.4 Å². The molecule has 1 fully saturated rings. The molecule has 1 saturated heterocycles. The van der Waals surface area contributed by atoms with Crippen LogP contribution in [0.3, 0.4) is 0 Å². The van der Waals surface area contributed by atoms with Crippen molar-refractivity contribution in [3.8, 4) is 5.69 Å². The number of hydrogen-bond acceptors (Lipinski definition) is 7. The number of pyridine rings is 1. The maximum Gasteiger partial charge on any atom is 0.223 e. The van der Waals surface area contributed by atoms with E-state index in [-0.39, 0.29) is 11.8 Å². The number of benzene rings is 1. The molecular weight excluding hydrogens is 428 g/mol. The topological polar surface area (TPSA) is 101 Å². The summed E-state index contributed by atoms with van der Waals surface area (Å²) < 4.78 is 1.95. The molecule has 0 radical (unpaired) electrons. The molecule has 0 saturated carbocycles. The minimum absolute atomic E-state index is 0.0205. The van der Waals surface area contributed by atoms with Crippen LogP contribution in [0.2, 0.25) is 0 Å². The zero-order valence-corrected chi connectivity index (χ0v) is 18.7. The van der Waals surface area contributed by atoms with E-state index < -0.39 is 0 Å². The molecule has 0 bridgehead atoms. The Kier molecular flexibility index (Phi) is 6.42. The van der Waals surface area contributed by atoms with Gasteiger partial charge in [0, 0.05) is 61.7 Å². The molecule has 0 atom stereocenters. The fraction of sp³-hybridized carbons (Fsp3) is 0.240. The van der Waals surface area contributed by atoms with E-state index in [1.54, 1.807) is 24.9 Å². The summed E-state index contributed by atoms with van der Waals surface area (Å²) in [5.74, 6) is 1.64. The van der Waals surface area contributed by atoms with Crippen molar-refractivity contribution in [3.05, 3.63) is 85.2 Å². The summed E-state index contributed by atoms with van der Waals surface area (Å²) in [6, 6.07) is 15.8. The molecule has 0 spiro atoms. The van der Waals surface area contributed by atoms with Crippen LogP contribution in [0.15, 0.2) is 79.6 Å². The number of hydrogen-bond donors (Lipinski definition) is 2. The maximum absolute atomic E-state index is 12.5. The van der Waals surface area contributed by atoms with E-state index in [1.165, 1.54) is 0 Å². The van der Waals surface area contributed by atoms with E-state index in [4.69, 9.17) is 0 Å². The van der Waals surface area contributed by atoms with E-state index in [2.05, 4.69) is 35.7 Å². The second-order valence-corrected chi connectivity index (χ2v) is 8.26. The van der Waals surface area contributed by atoms with Gasteiger partial charge < -0.3 is 20.1 Å². The molecule has 34 heavy (non-hydrogen) atoms. The number of amides is 1. The van der Waals surface area contributed by atoms with Crippen LogP contribution in [-0.4, -0.2) is 43.7 Å². The van der Waals surface area contributed by atoms with Gasteiger partial charge in [0.05, 0.1) is 6.33 Å². The summed E-state index contributed by atoms with van der Waals surface area (Å²) in [4.78, 5) is 22.9. The summed E-state index contributed by atoms with van der Waals surface area (Å²) in [7, 11) is 0. The quantitative estimate of drug-likeness (QED) is 0.442. The standard InChI is InChI=1S/C25H26N8O/c34-25(28-17-19-2-1-11-26-16-19)20-9-13-32(14-10-20)24-8-7-23(30-31-24)29-21-3-5-22(6-4-21)33-15-12-27-18-33/h1-8,11-12,15-16,18,20H,9-10,13-14,17H2,(H,28,34)(H,29,30). The Morgan fingerprint density at radius 3 is 2.50 bits per heavy atom. The van der Waals surface area contributed by atoms with Crippen LogP contribution in [0.1, 0.15) is 18.4 Å². The van der Waals surface area contributed by atoms with Gasteiger partial charge in [0.25, 0.3) is 0 Å². The Morgan fingerprint density at radius 2 is 1.82 bits per heavy atom. The molecule has 9 heteroatoms. The predicted octanol–water partition coefficient (Wildman–Crippen LogP) is 3.33. The predicted molar refractivity (Wildman–Crippen MR) is 130 cm³/mol. The SMILES string of the molecule is O=C(NCc1cccnc1)C1CCN(c2ccc(Nc3ccc(-n4ccnc4)cc3)nn2)CC1. The van der Waals surface area contributed by atoms with Crippen LogP contribution in [0, 0.1) is 5.92 Å². The van der Waals surface area contributed by atoms with Crippen molar-refractivity contribution >= 4 is 23.2 Å². The number of anilines is 3. The van der Waals surface area contributed by atoms with Crippen LogP contribution in [-0.2, 0) is 11.3 Å². The molecule has 0 unspecified atom stereocenters. The average Bonchev–Trinajstić information content (AvgIpc) is 3.44. The number of imidazole rings is 1. The highest BCUT2D eigenvalue weighted by Gasteiger charge is 2.25. The third-order valence-corrected chi connectivity index (χ3v) is 5.97. The molecule has 0 aliphatic carbocycles. The largest absolute Gasteiger partial charge is 0.355 e. The highest BCUT2D eigenvalue weighted by Crippen LogP contribution is 2.23. The van der Waals surface area contributed by atoms with Crippen molar-refractivity contribution in [2.24, 2.45) is 5.92 Å². The highest BCUT2D eigenvalue weighted by atomic mass is 16.1. The van der Waals surface area contributed by atoms with Crippen LogP contribution >= 0.6 is 0 Å². The normalized spacial score (nSPS) is 14.1. The molecule has 3 aromatic heterocycles.